The Hall–Kier alpha value is -2.39. The summed E-state index contributed by atoms with van der Waals surface area (Å²) in [4.78, 5) is 5.44. The molecule has 0 aliphatic heterocycles. The van der Waals surface area contributed by atoms with E-state index < -0.39 is 0 Å². The average Bonchev–Trinajstić information content (AvgIpc) is 3.38. The fourth-order valence-corrected chi connectivity index (χ4v) is 4.02. The van der Waals surface area contributed by atoms with Gasteiger partial charge in [0, 0.05) is 6.54 Å². The molecule has 0 spiro atoms. The molecule has 0 unspecified atom stereocenters. The van der Waals surface area contributed by atoms with Crippen LogP contribution >= 0.6 is 23.1 Å². The van der Waals surface area contributed by atoms with Gasteiger partial charge in [0.25, 0.3) is 5.89 Å². The number of hydrogen-bond donors (Lipinski definition) is 0. The number of furan rings is 1. The third kappa shape index (κ3) is 3.24. The first kappa shape index (κ1) is 16.1. The molecule has 0 radical (unpaired) electrons. The maximum atomic E-state index is 5.42. The minimum Gasteiger partial charge on any atom is -0.461 e. The van der Waals surface area contributed by atoms with Crippen molar-refractivity contribution in [3.8, 4) is 22.4 Å². The number of aromatic nitrogens is 5. The minimum atomic E-state index is 0.557. The SMILES string of the molecule is CCn1c(SCc2noc(-c3cc(C)cs3)n2)nnc1-c1ccco1. The number of nitrogens with zero attached hydrogens (tertiary/aromatic N) is 5. The summed E-state index contributed by atoms with van der Waals surface area (Å²) >= 11 is 3.12. The summed E-state index contributed by atoms with van der Waals surface area (Å²) in [6.07, 6.45) is 1.63. The van der Waals surface area contributed by atoms with Crippen LogP contribution in [0.4, 0.5) is 0 Å². The van der Waals surface area contributed by atoms with Gasteiger partial charge in [-0.1, -0.05) is 16.9 Å². The van der Waals surface area contributed by atoms with Gasteiger partial charge in [-0.15, -0.1) is 21.5 Å². The molecule has 9 heteroatoms. The molecule has 128 valence electrons. The minimum absolute atomic E-state index is 0.557. The molecule has 0 amide bonds. The average molecular weight is 373 g/mol. The van der Waals surface area contributed by atoms with Crippen LogP contribution in [0.15, 0.2) is 43.9 Å². The van der Waals surface area contributed by atoms with Crippen molar-refractivity contribution in [3.63, 3.8) is 0 Å². The molecule has 0 saturated carbocycles. The molecular weight excluding hydrogens is 358 g/mol. The smallest absolute Gasteiger partial charge is 0.268 e. The van der Waals surface area contributed by atoms with Crippen molar-refractivity contribution in [2.24, 2.45) is 0 Å². The molecule has 0 saturated heterocycles. The van der Waals surface area contributed by atoms with Crippen LogP contribution in [0.25, 0.3) is 22.4 Å². The van der Waals surface area contributed by atoms with Crippen LogP contribution in [-0.4, -0.2) is 24.9 Å². The number of thioether (sulfide) groups is 1. The first-order valence-corrected chi connectivity index (χ1v) is 9.59. The summed E-state index contributed by atoms with van der Waals surface area (Å²) in [6.45, 7) is 4.84. The van der Waals surface area contributed by atoms with Crippen molar-refractivity contribution in [2.45, 2.75) is 31.3 Å². The van der Waals surface area contributed by atoms with Gasteiger partial charge in [-0.2, -0.15) is 4.98 Å². The third-order valence-electron chi connectivity index (χ3n) is 3.51. The molecule has 4 heterocycles. The summed E-state index contributed by atoms with van der Waals surface area (Å²) in [5, 5.41) is 15.4. The molecule has 0 aromatic carbocycles. The summed E-state index contributed by atoms with van der Waals surface area (Å²) in [5.41, 5.74) is 1.19. The maximum Gasteiger partial charge on any atom is 0.268 e. The Labute approximate surface area is 152 Å². The van der Waals surface area contributed by atoms with Crippen molar-refractivity contribution in [2.75, 3.05) is 0 Å². The summed E-state index contributed by atoms with van der Waals surface area (Å²) in [5.74, 6) is 3.18. The lowest BCUT2D eigenvalue weighted by molar-refractivity contribution is 0.426. The van der Waals surface area contributed by atoms with Crippen molar-refractivity contribution < 1.29 is 8.94 Å². The quantitative estimate of drug-likeness (QED) is 0.467. The van der Waals surface area contributed by atoms with E-state index in [1.165, 1.54) is 17.3 Å². The fraction of sp³-hybridized carbons (Fsp3) is 0.250. The second-order valence-electron chi connectivity index (χ2n) is 5.32. The monoisotopic (exact) mass is 373 g/mol. The Bertz CT molecular complexity index is 971. The first-order chi connectivity index (χ1) is 12.2. The zero-order valence-corrected chi connectivity index (χ0v) is 15.3. The van der Waals surface area contributed by atoms with Crippen LogP contribution in [0.5, 0.6) is 0 Å². The van der Waals surface area contributed by atoms with Gasteiger partial charge < -0.3 is 8.94 Å². The molecule has 4 aromatic rings. The van der Waals surface area contributed by atoms with Crippen molar-refractivity contribution in [3.05, 3.63) is 41.2 Å². The van der Waals surface area contributed by atoms with Gasteiger partial charge in [0.2, 0.25) is 0 Å². The number of thiophene rings is 1. The number of aryl methyl sites for hydroxylation is 1. The van der Waals surface area contributed by atoms with Crippen molar-refractivity contribution in [1.82, 2.24) is 24.9 Å². The van der Waals surface area contributed by atoms with Gasteiger partial charge >= 0.3 is 0 Å². The molecule has 7 nitrogen and oxygen atoms in total. The highest BCUT2D eigenvalue weighted by atomic mass is 32.2. The van der Waals surface area contributed by atoms with E-state index in [1.807, 2.05) is 36.6 Å². The second kappa shape index (κ2) is 6.85. The molecular formula is C16H15N5O2S2. The second-order valence-corrected chi connectivity index (χ2v) is 7.17. The fourth-order valence-electron chi connectivity index (χ4n) is 2.35. The molecule has 0 aliphatic rings. The van der Waals surface area contributed by atoms with Crippen LogP contribution in [0, 0.1) is 6.92 Å². The Kier molecular flexibility index (Phi) is 4.41. The lowest BCUT2D eigenvalue weighted by atomic mass is 10.3. The van der Waals surface area contributed by atoms with Gasteiger partial charge in [-0.05, 0) is 43.0 Å². The van der Waals surface area contributed by atoms with Crippen molar-refractivity contribution in [1.29, 1.82) is 0 Å². The summed E-state index contributed by atoms with van der Waals surface area (Å²) in [7, 11) is 0. The Morgan fingerprint density at radius 2 is 2.24 bits per heavy atom. The lowest BCUT2D eigenvalue weighted by Gasteiger charge is -2.04. The van der Waals surface area contributed by atoms with Crippen LogP contribution in [0.1, 0.15) is 18.3 Å². The van der Waals surface area contributed by atoms with Gasteiger partial charge in [0.05, 0.1) is 16.9 Å². The number of rotatable bonds is 6. The molecule has 0 N–H and O–H groups in total. The molecule has 0 aliphatic carbocycles. The predicted molar refractivity (Wildman–Crippen MR) is 95.3 cm³/mol. The van der Waals surface area contributed by atoms with Gasteiger partial charge in [0.15, 0.2) is 22.6 Å². The Morgan fingerprint density at radius 3 is 2.96 bits per heavy atom. The van der Waals surface area contributed by atoms with E-state index in [0.29, 0.717) is 23.2 Å². The Morgan fingerprint density at radius 1 is 1.32 bits per heavy atom. The van der Waals surface area contributed by atoms with E-state index in [2.05, 4.69) is 25.7 Å². The first-order valence-electron chi connectivity index (χ1n) is 7.72. The highest BCUT2D eigenvalue weighted by Gasteiger charge is 2.17. The zero-order chi connectivity index (χ0) is 17.2. The maximum absolute atomic E-state index is 5.42. The van der Waals surface area contributed by atoms with E-state index in [0.717, 1.165) is 22.4 Å². The van der Waals surface area contributed by atoms with Crippen LogP contribution in [0.3, 0.4) is 0 Å². The van der Waals surface area contributed by atoms with E-state index in [9.17, 15) is 0 Å². The van der Waals surface area contributed by atoms with Gasteiger partial charge in [0.1, 0.15) is 0 Å². The molecule has 0 fully saturated rings. The van der Waals surface area contributed by atoms with Gasteiger partial charge in [-0.25, -0.2) is 0 Å². The molecule has 0 bridgehead atoms. The molecule has 25 heavy (non-hydrogen) atoms. The predicted octanol–water partition coefficient (Wildman–Crippen LogP) is 4.27. The zero-order valence-electron chi connectivity index (χ0n) is 13.7. The normalized spacial score (nSPS) is 11.3. The lowest BCUT2D eigenvalue weighted by Crippen LogP contribution is -1.99. The van der Waals surface area contributed by atoms with Crippen molar-refractivity contribution >= 4 is 23.1 Å². The summed E-state index contributed by atoms with van der Waals surface area (Å²) in [6, 6.07) is 5.75. The number of hydrogen-bond acceptors (Lipinski definition) is 8. The Balaban J connectivity index is 1.49. The van der Waals surface area contributed by atoms with Gasteiger partial charge in [-0.3, -0.25) is 4.57 Å². The third-order valence-corrected chi connectivity index (χ3v) is 5.51. The molecule has 4 aromatic heterocycles. The van der Waals surface area contributed by atoms with E-state index in [4.69, 9.17) is 8.94 Å². The van der Waals surface area contributed by atoms with Crippen LogP contribution in [0.2, 0.25) is 0 Å². The standard InChI is InChI=1S/C16H15N5O2S2/c1-3-21-14(11-5-4-6-22-11)18-19-16(21)25-9-13-17-15(23-20-13)12-7-10(2)8-24-12/h4-8H,3,9H2,1-2H3. The van der Waals surface area contributed by atoms with E-state index >= 15 is 0 Å². The summed E-state index contributed by atoms with van der Waals surface area (Å²) < 4.78 is 12.8. The van der Waals surface area contributed by atoms with E-state index in [1.54, 1.807) is 17.6 Å². The van der Waals surface area contributed by atoms with Crippen LogP contribution in [-0.2, 0) is 12.3 Å². The van der Waals surface area contributed by atoms with E-state index in [-0.39, 0.29) is 0 Å². The highest BCUT2D eigenvalue weighted by Crippen LogP contribution is 2.28. The molecule has 4 rings (SSSR count). The highest BCUT2D eigenvalue weighted by molar-refractivity contribution is 7.98. The topological polar surface area (TPSA) is 82.8 Å². The molecule has 0 atom stereocenters. The largest absolute Gasteiger partial charge is 0.461 e. The van der Waals surface area contributed by atoms with Crippen LogP contribution < -0.4 is 0 Å².